The number of rotatable bonds is 5. The van der Waals surface area contributed by atoms with Crippen molar-refractivity contribution in [2.75, 3.05) is 0 Å². The zero-order valence-corrected chi connectivity index (χ0v) is 12.7. The summed E-state index contributed by atoms with van der Waals surface area (Å²) in [6.45, 7) is 3.86. The smallest absolute Gasteiger partial charge is 0.233 e. The minimum Gasteiger partial charge on any atom is -0.285 e. The van der Waals surface area contributed by atoms with Crippen LogP contribution < -0.4 is 0 Å². The van der Waals surface area contributed by atoms with E-state index < -0.39 is 11.6 Å². The van der Waals surface area contributed by atoms with E-state index in [0.717, 1.165) is 11.1 Å². The van der Waals surface area contributed by atoms with Gasteiger partial charge in [0.05, 0.1) is 0 Å². The first-order chi connectivity index (χ1) is 10.7. The summed E-state index contributed by atoms with van der Waals surface area (Å²) in [5.41, 5.74) is 2.83. The Kier molecular flexibility index (Phi) is 5.21. The summed E-state index contributed by atoms with van der Waals surface area (Å²) in [5, 5.41) is 0. The average Bonchev–Trinajstić information content (AvgIpc) is 2.55. The van der Waals surface area contributed by atoms with Gasteiger partial charge in [0.15, 0.2) is 0 Å². The third kappa shape index (κ3) is 3.67. The van der Waals surface area contributed by atoms with E-state index in [0.29, 0.717) is 11.1 Å². The lowest BCUT2D eigenvalue weighted by Gasteiger charge is -2.02. The molecule has 0 N–H and O–H groups in total. The maximum atomic E-state index is 12.2. The van der Waals surface area contributed by atoms with E-state index in [4.69, 9.17) is 0 Å². The van der Waals surface area contributed by atoms with Crippen LogP contribution in [0.2, 0.25) is 0 Å². The first kappa shape index (κ1) is 15.6. The van der Waals surface area contributed by atoms with E-state index in [-0.39, 0.29) is 0 Å². The fourth-order valence-electron chi connectivity index (χ4n) is 2.14. The lowest BCUT2D eigenvalue weighted by atomic mass is 9.99. The largest absolute Gasteiger partial charge is 0.285 e. The van der Waals surface area contributed by atoms with Crippen LogP contribution in [0.3, 0.4) is 0 Å². The van der Waals surface area contributed by atoms with E-state index in [1.54, 1.807) is 24.3 Å². The molecule has 0 unspecified atom stereocenters. The molecule has 0 heterocycles. The summed E-state index contributed by atoms with van der Waals surface area (Å²) in [6, 6.07) is 14.1. The first-order valence-corrected chi connectivity index (χ1v) is 7.20. The van der Waals surface area contributed by atoms with Gasteiger partial charge in [-0.3, -0.25) is 9.59 Å². The molecule has 2 aromatic carbocycles. The van der Waals surface area contributed by atoms with Gasteiger partial charge in [0, 0.05) is 11.1 Å². The lowest BCUT2D eigenvalue weighted by Crippen LogP contribution is -2.14. The van der Waals surface area contributed by atoms with Gasteiger partial charge in [-0.05, 0) is 25.0 Å². The summed E-state index contributed by atoms with van der Waals surface area (Å²) in [6.07, 6.45) is 7.73. The van der Waals surface area contributed by atoms with Gasteiger partial charge < -0.3 is 0 Å². The van der Waals surface area contributed by atoms with Crippen molar-refractivity contribution < 1.29 is 9.59 Å². The van der Waals surface area contributed by atoms with Crippen LogP contribution >= 0.6 is 0 Å². The molecule has 0 aliphatic carbocycles. The zero-order chi connectivity index (χ0) is 15.9. The Hall–Kier alpha value is -2.74. The predicted molar refractivity (Wildman–Crippen MR) is 91.0 cm³/mol. The molecule has 0 fully saturated rings. The fourth-order valence-corrected chi connectivity index (χ4v) is 2.14. The predicted octanol–water partition coefficient (Wildman–Crippen LogP) is 4.82. The van der Waals surface area contributed by atoms with Gasteiger partial charge in [0.25, 0.3) is 0 Å². The Morgan fingerprint density at radius 2 is 0.955 bits per heavy atom. The maximum absolute atomic E-state index is 12.2. The Labute approximate surface area is 130 Å². The van der Waals surface area contributed by atoms with Gasteiger partial charge in [0.1, 0.15) is 0 Å². The molecule has 2 rings (SSSR count). The highest BCUT2D eigenvalue weighted by molar-refractivity contribution is 6.49. The highest BCUT2D eigenvalue weighted by Gasteiger charge is 2.17. The molecule has 0 saturated carbocycles. The minimum absolute atomic E-state index is 0.413. The van der Waals surface area contributed by atoms with Crippen molar-refractivity contribution in [3.05, 3.63) is 82.9 Å². The number of allylic oxidation sites excluding steroid dienone is 2. The monoisotopic (exact) mass is 290 g/mol. The van der Waals surface area contributed by atoms with E-state index in [1.165, 1.54) is 0 Å². The maximum Gasteiger partial charge on any atom is 0.233 e. The van der Waals surface area contributed by atoms with Crippen LogP contribution in [0.25, 0.3) is 12.2 Å². The van der Waals surface area contributed by atoms with Crippen LogP contribution in [0.15, 0.2) is 60.7 Å². The molecular weight excluding hydrogens is 272 g/mol. The number of benzene rings is 2. The molecule has 0 spiro atoms. The molecule has 0 aliphatic rings. The van der Waals surface area contributed by atoms with Crippen molar-refractivity contribution in [1.82, 2.24) is 0 Å². The standard InChI is InChI=1S/C20H18O2/c1-3-5-15-7-11-17(12-8-15)19(21)20(22)18-13-9-16(6-4-2)10-14-18/h3-14H,1-2H3/b5-3+,6-4+. The number of carbonyl (C=O) groups is 2. The van der Waals surface area contributed by atoms with E-state index in [2.05, 4.69) is 0 Å². The Bertz CT molecular complexity index is 652. The summed E-state index contributed by atoms with van der Waals surface area (Å²) in [5.74, 6) is -0.961. The molecular formula is C20H18O2. The summed E-state index contributed by atoms with van der Waals surface area (Å²) >= 11 is 0. The van der Waals surface area contributed by atoms with E-state index in [1.807, 2.05) is 62.4 Å². The zero-order valence-electron chi connectivity index (χ0n) is 12.7. The normalized spacial score (nSPS) is 11.2. The molecule has 2 aromatic rings. The van der Waals surface area contributed by atoms with Crippen LogP contribution in [0.5, 0.6) is 0 Å². The van der Waals surface area contributed by atoms with Gasteiger partial charge in [-0.25, -0.2) is 0 Å². The Balaban J connectivity index is 2.19. The molecule has 110 valence electrons. The van der Waals surface area contributed by atoms with Gasteiger partial charge in [-0.2, -0.15) is 0 Å². The molecule has 0 radical (unpaired) electrons. The molecule has 0 aromatic heterocycles. The topological polar surface area (TPSA) is 34.1 Å². The van der Waals surface area contributed by atoms with Gasteiger partial charge in [-0.1, -0.05) is 72.8 Å². The molecule has 0 bridgehead atoms. The second-order valence-corrected chi connectivity index (χ2v) is 4.90. The third-order valence-electron chi connectivity index (χ3n) is 3.27. The van der Waals surface area contributed by atoms with Gasteiger partial charge >= 0.3 is 0 Å². The number of hydrogen-bond donors (Lipinski definition) is 0. The van der Waals surface area contributed by atoms with Crippen molar-refractivity contribution in [1.29, 1.82) is 0 Å². The van der Waals surface area contributed by atoms with E-state index in [9.17, 15) is 9.59 Å². The van der Waals surface area contributed by atoms with Crippen LogP contribution in [0, 0.1) is 0 Å². The average molecular weight is 290 g/mol. The van der Waals surface area contributed by atoms with Crippen molar-refractivity contribution >= 4 is 23.7 Å². The van der Waals surface area contributed by atoms with Crippen LogP contribution in [-0.2, 0) is 0 Å². The molecule has 0 aliphatic heterocycles. The van der Waals surface area contributed by atoms with Crippen molar-refractivity contribution in [3.8, 4) is 0 Å². The Morgan fingerprint density at radius 3 is 1.23 bits per heavy atom. The quantitative estimate of drug-likeness (QED) is 0.584. The highest BCUT2D eigenvalue weighted by atomic mass is 16.2. The minimum atomic E-state index is -0.481. The fraction of sp³-hybridized carbons (Fsp3) is 0.100. The molecule has 22 heavy (non-hydrogen) atoms. The van der Waals surface area contributed by atoms with Gasteiger partial charge in [-0.15, -0.1) is 0 Å². The SMILES string of the molecule is C/C=C/c1ccc(C(=O)C(=O)c2ccc(/C=C/C)cc2)cc1. The number of Topliss-reactive ketones (excluding diaryl/α,β-unsaturated/α-hetero) is 2. The molecule has 0 atom stereocenters. The molecule has 2 nitrogen and oxygen atoms in total. The van der Waals surface area contributed by atoms with Gasteiger partial charge in [0.2, 0.25) is 11.6 Å². The first-order valence-electron chi connectivity index (χ1n) is 7.20. The van der Waals surface area contributed by atoms with Crippen molar-refractivity contribution in [3.63, 3.8) is 0 Å². The molecule has 0 saturated heterocycles. The van der Waals surface area contributed by atoms with Crippen molar-refractivity contribution in [2.24, 2.45) is 0 Å². The number of hydrogen-bond acceptors (Lipinski definition) is 2. The number of ketones is 2. The lowest BCUT2D eigenvalue weighted by molar-refractivity contribution is 0.0817. The summed E-state index contributed by atoms with van der Waals surface area (Å²) < 4.78 is 0. The van der Waals surface area contributed by atoms with Crippen molar-refractivity contribution in [2.45, 2.75) is 13.8 Å². The van der Waals surface area contributed by atoms with Crippen LogP contribution in [0.1, 0.15) is 45.7 Å². The molecule has 0 amide bonds. The summed E-state index contributed by atoms with van der Waals surface area (Å²) in [7, 11) is 0. The Morgan fingerprint density at radius 1 is 0.636 bits per heavy atom. The second kappa shape index (κ2) is 7.32. The third-order valence-corrected chi connectivity index (χ3v) is 3.27. The van der Waals surface area contributed by atoms with Crippen LogP contribution in [-0.4, -0.2) is 11.6 Å². The second-order valence-electron chi connectivity index (χ2n) is 4.90. The van der Waals surface area contributed by atoms with E-state index >= 15 is 0 Å². The number of carbonyl (C=O) groups excluding carboxylic acids is 2. The van der Waals surface area contributed by atoms with Crippen LogP contribution in [0.4, 0.5) is 0 Å². The highest BCUT2D eigenvalue weighted by Crippen LogP contribution is 2.12. The molecule has 2 heteroatoms. The summed E-state index contributed by atoms with van der Waals surface area (Å²) in [4.78, 5) is 24.5.